The first kappa shape index (κ1) is 13.2. The molecular weight excluding hydrogens is 222 g/mol. The summed E-state index contributed by atoms with van der Waals surface area (Å²) in [7, 11) is 1.94. The van der Waals surface area contributed by atoms with Gasteiger partial charge in [0.15, 0.2) is 0 Å². The highest BCUT2D eigenvalue weighted by molar-refractivity contribution is 7.10. The number of hydrogen-bond acceptors (Lipinski definition) is 4. The van der Waals surface area contributed by atoms with Crippen LogP contribution < -0.4 is 0 Å². The van der Waals surface area contributed by atoms with Crippen molar-refractivity contribution in [1.82, 2.24) is 4.90 Å². The van der Waals surface area contributed by atoms with Gasteiger partial charge in [0.2, 0.25) is 0 Å². The molecular formula is C12H19NO2S. The molecule has 0 aliphatic heterocycles. The van der Waals surface area contributed by atoms with Gasteiger partial charge in [-0.1, -0.05) is 0 Å². The highest BCUT2D eigenvalue weighted by Gasteiger charge is 2.08. The fourth-order valence-electron chi connectivity index (χ4n) is 1.46. The van der Waals surface area contributed by atoms with Gasteiger partial charge in [-0.05, 0) is 44.3 Å². The lowest BCUT2D eigenvalue weighted by Crippen LogP contribution is -2.29. The highest BCUT2D eigenvalue weighted by atomic mass is 32.1. The van der Waals surface area contributed by atoms with Gasteiger partial charge in [-0.25, -0.2) is 0 Å². The molecule has 0 fully saturated rings. The topological polar surface area (TPSA) is 29.5 Å². The van der Waals surface area contributed by atoms with E-state index in [2.05, 4.69) is 18.4 Å². The Morgan fingerprint density at radius 1 is 1.56 bits per heavy atom. The second kappa shape index (κ2) is 6.66. The maximum atomic E-state index is 11.2. The first-order valence-electron chi connectivity index (χ1n) is 5.50. The summed E-state index contributed by atoms with van der Waals surface area (Å²) in [6.07, 6.45) is 0.999. The van der Waals surface area contributed by atoms with E-state index in [4.69, 9.17) is 4.74 Å². The largest absolute Gasteiger partial charge is 0.465 e. The SMILES string of the molecule is CCOC(=O)CN(C)CCc1sccc1C. The molecule has 1 heterocycles. The van der Waals surface area contributed by atoms with E-state index in [9.17, 15) is 4.79 Å². The average molecular weight is 241 g/mol. The molecule has 0 aliphatic rings. The molecule has 0 unspecified atom stereocenters. The lowest BCUT2D eigenvalue weighted by Gasteiger charge is -2.14. The highest BCUT2D eigenvalue weighted by Crippen LogP contribution is 2.16. The van der Waals surface area contributed by atoms with Crippen LogP contribution in [0.15, 0.2) is 11.4 Å². The maximum Gasteiger partial charge on any atom is 0.320 e. The molecule has 0 saturated carbocycles. The van der Waals surface area contributed by atoms with Crippen molar-refractivity contribution < 1.29 is 9.53 Å². The summed E-state index contributed by atoms with van der Waals surface area (Å²) in [6.45, 7) is 5.67. The van der Waals surface area contributed by atoms with Gasteiger partial charge < -0.3 is 4.74 Å². The fourth-order valence-corrected chi connectivity index (χ4v) is 2.36. The number of ether oxygens (including phenoxy) is 1. The van der Waals surface area contributed by atoms with E-state index in [0.29, 0.717) is 13.2 Å². The molecule has 0 amide bonds. The van der Waals surface area contributed by atoms with Gasteiger partial charge in [-0.15, -0.1) is 11.3 Å². The van der Waals surface area contributed by atoms with Crippen LogP contribution in [0.3, 0.4) is 0 Å². The van der Waals surface area contributed by atoms with E-state index in [1.54, 1.807) is 11.3 Å². The molecule has 3 nitrogen and oxygen atoms in total. The van der Waals surface area contributed by atoms with Crippen molar-refractivity contribution in [3.05, 3.63) is 21.9 Å². The van der Waals surface area contributed by atoms with Crippen molar-refractivity contribution in [1.29, 1.82) is 0 Å². The Kier molecular flexibility index (Phi) is 5.49. The zero-order valence-corrected chi connectivity index (χ0v) is 11.0. The van der Waals surface area contributed by atoms with Gasteiger partial charge >= 0.3 is 5.97 Å². The van der Waals surface area contributed by atoms with Gasteiger partial charge in [0, 0.05) is 11.4 Å². The zero-order chi connectivity index (χ0) is 12.0. The Hall–Kier alpha value is -0.870. The van der Waals surface area contributed by atoms with Gasteiger partial charge in [-0.2, -0.15) is 0 Å². The number of rotatable bonds is 6. The average Bonchev–Trinajstić information content (AvgIpc) is 2.61. The van der Waals surface area contributed by atoms with Crippen LogP contribution in [-0.2, 0) is 16.0 Å². The molecule has 1 rings (SSSR count). The summed E-state index contributed by atoms with van der Waals surface area (Å²) in [4.78, 5) is 14.6. The minimum absolute atomic E-state index is 0.145. The summed E-state index contributed by atoms with van der Waals surface area (Å²) in [5.74, 6) is -0.145. The predicted molar refractivity (Wildman–Crippen MR) is 66.9 cm³/mol. The van der Waals surface area contributed by atoms with E-state index in [0.717, 1.165) is 13.0 Å². The second-order valence-corrected chi connectivity index (χ2v) is 4.82. The van der Waals surface area contributed by atoms with Crippen molar-refractivity contribution in [3.8, 4) is 0 Å². The quantitative estimate of drug-likeness (QED) is 0.714. The number of thiophene rings is 1. The van der Waals surface area contributed by atoms with Crippen molar-refractivity contribution in [3.63, 3.8) is 0 Å². The monoisotopic (exact) mass is 241 g/mol. The lowest BCUT2D eigenvalue weighted by atomic mass is 10.2. The normalized spacial score (nSPS) is 10.8. The standard InChI is InChI=1S/C12H19NO2S/c1-4-15-12(14)9-13(3)7-5-11-10(2)6-8-16-11/h6,8H,4-5,7,9H2,1-3H3. The van der Waals surface area contributed by atoms with Crippen molar-refractivity contribution in [2.75, 3.05) is 26.7 Å². The number of carbonyl (C=O) groups excluding carboxylic acids is 1. The van der Waals surface area contributed by atoms with E-state index in [1.165, 1.54) is 10.4 Å². The summed E-state index contributed by atoms with van der Waals surface area (Å²) in [6, 6.07) is 2.13. The Morgan fingerprint density at radius 3 is 2.88 bits per heavy atom. The van der Waals surface area contributed by atoms with Crippen molar-refractivity contribution in [2.24, 2.45) is 0 Å². The summed E-state index contributed by atoms with van der Waals surface area (Å²) < 4.78 is 4.90. The third kappa shape index (κ3) is 4.33. The summed E-state index contributed by atoms with van der Waals surface area (Å²) in [5, 5.41) is 2.11. The smallest absolute Gasteiger partial charge is 0.320 e. The zero-order valence-electron chi connectivity index (χ0n) is 10.2. The number of nitrogens with zero attached hydrogens (tertiary/aromatic N) is 1. The molecule has 1 aromatic rings. The first-order chi connectivity index (χ1) is 7.63. The van der Waals surface area contributed by atoms with Crippen LogP contribution in [-0.4, -0.2) is 37.6 Å². The Bertz CT molecular complexity index is 336. The Labute approximate surface area is 101 Å². The molecule has 0 bridgehead atoms. The molecule has 0 saturated heterocycles. The van der Waals surface area contributed by atoms with Crippen LogP contribution in [0.1, 0.15) is 17.4 Å². The van der Waals surface area contributed by atoms with Crippen LogP contribution in [0.25, 0.3) is 0 Å². The van der Waals surface area contributed by atoms with Gasteiger partial charge in [-0.3, -0.25) is 9.69 Å². The van der Waals surface area contributed by atoms with Gasteiger partial charge in [0.25, 0.3) is 0 Å². The van der Waals surface area contributed by atoms with E-state index in [1.807, 2.05) is 18.9 Å². The summed E-state index contributed by atoms with van der Waals surface area (Å²) in [5.41, 5.74) is 1.34. The van der Waals surface area contributed by atoms with Crippen LogP contribution in [0, 0.1) is 6.92 Å². The molecule has 0 aliphatic carbocycles. The number of likely N-dealkylation sites (N-methyl/N-ethyl adjacent to an activating group) is 1. The minimum atomic E-state index is -0.145. The maximum absolute atomic E-state index is 11.2. The van der Waals surface area contributed by atoms with Crippen LogP contribution in [0.5, 0.6) is 0 Å². The molecule has 90 valence electrons. The van der Waals surface area contributed by atoms with E-state index >= 15 is 0 Å². The number of carbonyl (C=O) groups is 1. The van der Waals surface area contributed by atoms with Crippen LogP contribution >= 0.6 is 11.3 Å². The first-order valence-corrected chi connectivity index (χ1v) is 6.38. The Balaban J connectivity index is 2.27. The lowest BCUT2D eigenvalue weighted by molar-refractivity contribution is -0.144. The number of hydrogen-bond donors (Lipinski definition) is 0. The Morgan fingerprint density at radius 2 is 2.31 bits per heavy atom. The van der Waals surface area contributed by atoms with Crippen molar-refractivity contribution in [2.45, 2.75) is 20.3 Å². The molecule has 4 heteroatoms. The third-order valence-electron chi connectivity index (χ3n) is 2.39. The van der Waals surface area contributed by atoms with Gasteiger partial charge in [0.05, 0.1) is 13.2 Å². The molecule has 0 spiro atoms. The molecule has 1 aromatic heterocycles. The number of aryl methyl sites for hydroxylation is 1. The molecule has 0 atom stereocenters. The second-order valence-electron chi connectivity index (χ2n) is 3.82. The third-order valence-corrected chi connectivity index (χ3v) is 3.48. The van der Waals surface area contributed by atoms with E-state index in [-0.39, 0.29) is 5.97 Å². The summed E-state index contributed by atoms with van der Waals surface area (Å²) >= 11 is 1.78. The predicted octanol–water partition coefficient (Wildman–Crippen LogP) is 2.09. The van der Waals surface area contributed by atoms with Crippen LogP contribution in [0.2, 0.25) is 0 Å². The molecule has 0 radical (unpaired) electrons. The molecule has 16 heavy (non-hydrogen) atoms. The van der Waals surface area contributed by atoms with Crippen molar-refractivity contribution >= 4 is 17.3 Å². The number of esters is 1. The van der Waals surface area contributed by atoms with Crippen LogP contribution in [0.4, 0.5) is 0 Å². The fraction of sp³-hybridized carbons (Fsp3) is 0.583. The minimum Gasteiger partial charge on any atom is -0.465 e. The molecule has 0 aromatic carbocycles. The molecule has 0 N–H and O–H groups in total. The van der Waals surface area contributed by atoms with E-state index < -0.39 is 0 Å². The van der Waals surface area contributed by atoms with Gasteiger partial charge in [0.1, 0.15) is 0 Å².